The summed E-state index contributed by atoms with van der Waals surface area (Å²) in [6.07, 6.45) is 1.73. The first-order valence-corrected chi connectivity index (χ1v) is 4.18. The highest BCUT2D eigenvalue weighted by atomic mass is 32.2. The van der Waals surface area contributed by atoms with Gasteiger partial charge in [0, 0.05) is 0 Å². The molecule has 0 aromatic carbocycles. The maximum atomic E-state index is 11.0. The van der Waals surface area contributed by atoms with Gasteiger partial charge in [0.15, 0.2) is 11.0 Å². The minimum absolute atomic E-state index is 0.141. The van der Waals surface area contributed by atoms with Crippen LogP contribution in [0, 0.1) is 4.91 Å². The van der Waals surface area contributed by atoms with Gasteiger partial charge in [-0.15, -0.1) is 4.91 Å². The normalized spacial score (nSPS) is 9.75. The Labute approximate surface area is 71.6 Å². The minimum atomic E-state index is -0.609. The van der Waals surface area contributed by atoms with Crippen LogP contribution in [0.4, 0.5) is 11.5 Å². The highest BCUT2D eigenvalue weighted by Gasteiger charge is 2.07. The van der Waals surface area contributed by atoms with Crippen LogP contribution < -0.4 is 11.3 Å². The summed E-state index contributed by atoms with van der Waals surface area (Å²) in [5.41, 5.74) is 4.29. The molecule has 0 aliphatic rings. The van der Waals surface area contributed by atoms with E-state index in [4.69, 9.17) is 5.73 Å². The van der Waals surface area contributed by atoms with Crippen LogP contribution in [0.5, 0.6) is 0 Å². The zero-order valence-corrected chi connectivity index (χ0v) is 7.01. The maximum absolute atomic E-state index is 11.0. The lowest BCUT2D eigenvalue weighted by molar-refractivity contribution is 0.946. The molecule has 0 aliphatic heterocycles. The zero-order chi connectivity index (χ0) is 9.14. The summed E-state index contributed by atoms with van der Waals surface area (Å²) < 4.78 is 0. The molecule has 1 aromatic heterocycles. The van der Waals surface area contributed by atoms with Crippen molar-refractivity contribution >= 4 is 23.3 Å². The van der Waals surface area contributed by atoms with Crippen LogP contribution in [0.25, 0.3) is 0 Å². The molecule has 0 aliphatic carbocycles. The number of nitrogens with two attached hydrogens (primary N) is 1. The second-order valence-corrected chi connectivity index (χ2v) is 2.70. The fourth-order valence-electron chi connectivity index (χ4n) is 0.648. The molecule has 7 heteroatoms. The summed E-state index contributed by atoms with van der Waals surface area (Å²) in [6.45, 7) is 0. The highest BCUT2D eigenvalue weighted by molar-refractivity contribution is 7.98. The van der Waals surface area contributed by atoms with Gasteiger partial charge in [-0.1, -0.05) is 11.8 Å². The molecule has 12 heavy (non-hydrogen) atoms. The van der Waals surface area contributed by atoms with Gasteiger partial charge >= 0.3 is 0 Å². The van der Waals surface area contributed by atoms with Crippen molar-refractivity contribution in [3.05, 3.63) is 15.3 Å². The Balaban J connectivity index is 3.38. The van der Waals surface area contributed by atoms with Crippen molar-refractivity contribution in [3.8, 4) is 0 Å². The molecule has 3 N–H and O–H groups in total. The zero-order valence-electron chi connectivity index (χ0n) is 6.20. The van der Waals surface area contributed by atoms with Gasteiger partial charge in [0.2, 0.25) is 5.69 Å². The molecule has 1 rings (SSSR count). The number of hydrogen-bond donors (Lipinski definition) is 2. The van der Waals surface area contributed by atoms with Crippen LogP contribution in [0.3, 0.4) is 0 Å². The van der Waals surface area contributed by atoms with Crippen molar-refractivity contribution < 1.29 is 0 Å². The molecule has 1 heterocycles. The van der Waals surface area contributed by atoms with Crippen molar-refractivity contribution in [1.29, 1.82) is 0 Å². The molecule has 0 radical (unpaired) electrons. The van der Waals surface area contributed by atoms with Crippen molar-refractivity contribution in [2.24, 2.45) is 5.18 Å². The van der Waals surface area contributed by atoms with E-state index in [-0.39, 0.29) is 11.5 Å². The van der Waals surface area contributed by atoms with E-state index in [1.807, 2.05) is 0 Å². The molecule has 64 valence electrons. The number of nitrogens with one attached hydrogen (secondary N) is 1. The molecule has 0 saturated heterocycles. The van der Waals surface area contributed by atoms with Crippen molar-refractivity contribution in [1.82, 2.24) is 9.97 Å². The van der Waals surface area contributed by atoms with E-state index < -0.39 is 5.56 Å². The number of aromatic amines is 1. The topological polar surface area (TPSA) is 101 Å². The Morgan fingerprint density at radius 3 is 2.75 bits per heavy atom. The second kappa shape index (κ2) is 3.35. The van der Waals surface area contributed by atoms with Gasteiger partial charge in [-0.3, -0.25) is 9.78 Å². The minimum Gasteiger partial charge on any atom is -0.382 e. The van der Waals surface area contributed by atoms with Gasteiger partial charge in [-0.25, -0.2) is 4.98 Å². The third-order valence-electron chi connectivity index (χ3n) is 1.18. The number of H-pyrrole nitrogens is 1. The van der Waals surface area contributed by atoms with Gasteiger partial charge in [0.25, 0.3) is 5.56 Å². The summed E-state index contributed by atoms with van der Waals surface area (Å²) in [4.78, 5) is 27.1. The second-order valence-electron chi connectivity index (χ2n) is 1.90. The van der Waals surface area contributed by atoms with Crippen LogP contribution >= 0.6 is 11.8 Å². The monoisotopic (exact) mass is 186 g/mol. The van der Waals surface area contributed by atoms with E-state index >= 15 is 0 Å². The number of nitrogens with zero attached hydrogens (tertiary/aromatic N) is 2. The number of thioether (sulfide) groups is 1. The molecule has 0 fully saturated rings. The predicted molar refractivity (Wildman–Crippen MR) is 46.5 cm³/mol. The quantitative estimate of drug-likeness (QED) is 0.397. The van der Waals surface area contributed by atoms with E-state index in [2.05, 4.69) is 15.1 Å². The third kappa shape index (κ3) is 1.45. The molecule has 6 nitrogen and oxygen atoms in total. The molecule has 1 aromatic rings. The smallest absolute Gasteiger partial charge is 0.283 e. The average Bonchev–Trinajstić information content (AvgIpc) is 2.03. The van der Waals surface area contributed by atoms with Gasteiger partial charge in [-0.2, -0.15) is 0 Å². The van der Waals surface area contributed by atoms with E-state index in [0.717, 1.165) is 0 Å². The number of nitrogen functional groups attached to an aromatic ring is 1. The van der Waals surface area contributed by atoms with Crippen LogP contribution in [-0.4, -0.2) is 16.2 Å². The van der Waals surface area contributed by atoms with Gasteiger partial charge in [0.05, 0.1) is 0 Å². The van der Waals surface area contributed by atoms with E-state index in [1.54, 1.807) is 6.26 Å². The summed E-state index contributed by atoms with van der Waals surface area (Å²) in [5, 5.41) is 2.82. The highest BCUT2D eigenvalue weighted by Crippen LogP contribution is 2.15. The Morgan fingerprint density at radius 1 is 1.67 bits per heavy atom. The van der Waals surface area contributed by atoms with Crippen molar-refractivity contribution in [2.45, 2.75) is 5.16 Å². The molecular formula is C5H6N4O2S. The van der Waals surface area contributed by atoms with Crippen LogP contribution in [0.1, 0.15) is 0 Å². The lowest BCUT2D eigenvalue weighted by atomic mass is 10.5. The van der Waals surface area contributed by atoms with Gasteiger partial charge in [-0.05, 0) is 11.4 Å². The van der Waals surface area contributed by atoms with E-state index in [9.17, 15) is 9.70 Å². The maximum Gasteiger partial charge on any atom is 0.283 e. The van der Waals surface area contributed by atoms with Crippen LogP contribution in [0.15, 0.2) is 15.1 Å². The third-order valence-corrected chi connectivity index (χ3v) is 1.76. The number of nitroso groups, excluding NO2 is 1. The molecule has 0 spiro atoms. The SMILES string of the molecule is CSc1nc(N)c(N=O)c(=O)[nH]1. The summed E-state index contributed by atoms with van der Waals surface area (Å²) in [6, 6.07) is 0. The number of rotatable bonds is 2. The van der Waals surface area contributed by atoms with E-state index in [0.29, 0.717) is 5.16 Å². The standard InChI is InChI=1S/C5H6N4O2S/c1-12-5-7-3(6)2(9-11)4(10)8-5/h1H3,(H3,6,7,8,10). The lowest BCUT2D eigenvalue weighted by Crippen LogP contribution is -2.10. The number of hydrogen-bond acceptors (Lipinski definition) is 6. The largest absolute Gasteiger partial charge is 0.382 e. The number of anilines is 1. The first kappa shape index (κ1) is 8.72. The van der Waals surface area contributed by atoms with Crippen LogP contribution in [-0.2, 0) is 0 Å². The fourth-order valence-corrected chi connectivity index (χ4v) is 1.03. The van der Waals surface area contributed by atoms with Crippen molar-refractivity contribution in [3.63, 3.8) is 0 Å². The average molecular weight is 186 g/mol. The summed E-state index contributed by atoms with van der Waals surface area (Å²) in [7, 11) is 0. The first-order chi connectivity index (χ1) is 5.69. The fraction of sp³-hybridized carbons (Fsp3) is 0.200. The molecule has 0 atom stereocenters. The molecule has 0 unspecified atom stereocenters. The Hall–Kier alpha value is -1.37. The molecule has 0 amide bonds. The Morgan fingerprint density at radius 2 is 2.33 bits per heavy atom. The Bertz CT molecular complexity index is 361. The molecule has 0 saturated carbocycles. The lowest BCUT2D eigenvalue weighted by Gasteiger charge is -1.97. The van der Waals surface area contributed by atoms with Gasteiger partial charge < -0.3 is 5.73 Å². The first-order valence-electron chi connectivity index (χ1n) is 2.96. The predicted octanol–water partition coefficient (Wildman–Crippen LogP) is 0.472. The summed E-state index contributed by atoms with van der Waals surface area (Å²) in [5.74, 6) is -0.141. The van der Waals surface area contributed by atoms with Gasteiger partial charge in [0.1, 0.15) is 0 Å². The molecular weight excluding hydrogens is 180 g/mol. The number of aromatic nitrogens is 2. The summed E-state index contributed by atoms with van der Waals surface area (Å²) >= 11 is 1.23. The Kier molecular flexibility index (Phi) is 2.44. The van der Waals surface area contributed by atoms with E-state index in [1.165, 1.54) is 11.8 Å². The molecule has 0 bridgehead atoms. The van der Waals surface area contributed by atoms with Crippen LogP contribution in [0.2, 0.25) is 0 Å². The van der Waals surface area contributed by atoms with Crippen molar-refractivity contribution in [2.75, 3.05) is 12.0 Å².